The second kappa shape index (κ2) is 6.48. The summed E-state index contributed by atoms with van der Waals surface area (Å²) in [7, 11) is -2.85. The van der Waals surface area contributed by atoms with Crippen molar-refractivity contribution in [1.29, 1.82) is 0 Å². The first-order chi connectivity index (χ1) is 6.95. The summed E-state index contributed by atoms with van der Waals surface area (Å²) in [6.07, 6.45) is 3.33. The van der Waals surface area contributed by atoms with E-state index < -0.39 is 9.84 Å². The quantitative estimate of drug-likeness (QED) is 0.699. The normalized spacial score (nSPS) is 13.1. The van der Waals surface area contributed by atoms with E-state index in [2.05, 4.69) is 13.8 Å². The third kappa shape index (κ3) is 4.98. The fourth-order valence-corrected chi connectivity index (χ4v) is 3.35. The molecule has 3 nitrogen and oxygen atoms in total. The first kappa shape index (κ1) is 14.9. The Morgan fingerprint density at radius 2 is 1.60 bits per heavy atom. The predicted molar refractivity (Wildman–Crippen MR) is 65.6 cm³/mol. The van der Waals surface area contributed by atoms with Crippen molar-refractivity contribution < 1.29 is 8.42 Å². The molecular weight excluding hydrogens is 210 g/mol. The second-order valence-corrected chi connectivity index (χ2v) is 6.62. The van der Waals surface area contributed by atoms with E-state index in [1.807, 2.05) is 6.92 Å². The first-order valence-corrected chi connectivity index (χ1v) is 7.68. The highest BCUT2D eigenvalue weighted by Crippen LogP contribution is 2.29. The van der Waals surface area contributed by atoms with Crippen LogP contribution in [0.3, 0.4) is 0 Å². The van der Waals surface area contributed by atoms with Crippen LogP contribution in [0.4, 0.5) is 0 Å². The van der Waals surface area contributed by atoms with E-state index in [-0.39, 0.29) is 5.41 Å². The maximum absolute atomic E-state index is 11.6. The highest BCUT2D eigenvalue weighted by atomic mass is 32.2. The van der Waals surface area contributed by atoms with Crippen molar-refractivity contribution in [1.82, 2.24) is 0 Å². The SMILES string of the molecule is CCCS(=O)(=O)CCC(CC)(CC)CN. The van der Waals surface area contributed by atoms with Gasteiger partial charge in [-0.2, -0.15) is 0 Å². The molecule has 0 fully saturated rings. The van der Waals surface area contributed by atoms with Crippen LogP contribution in [-0.4, -0.2) is 26.5 Å². The van der Waals surface area contributed by atoms with Gasteiger partial charge in [0, 0.05) is 5.75 Å². The highest BCUT2D eigenvalue weighted by molar-refractivity contribution is 7.91. The van der Waals surface area contributed by atoms with Crippen LogP contribution in [0.25, 0.3) is 0 Å². The van der Waals surface area contributed by atoms with Crippen LogP contribution in [0.5, 0.6) is 0 Å². The van der Waals surface area contributed by atoms with Crippen molar-refractivity contribution in [2.45, 2.75) is 46.5 Å². The van der Waals surface area contributed by atoms with E-state index >= 15 is 0 Å². The van der Waals surface area contributed by atoms with Gasteiger partial charge in [0.1, 0.15) is 9.84 Å². The summed E-state index contributed by atoms with van der Waals surface area (Å²) in [5.41, 5.74) is 5.77. The zero-order chi connectivity index (χ0) is 11.9. The largest absolute Gasteiger partial charge is 0.330 e. The van der Waals surface area contributed by atoms with Crippen LogP contribution in [0.15, 0.2) is 0 Å². The molecule has 0 bridgehead atoms. The molecule has 0 aromatic heterocycles. The molecule has 0 atom stereocenters. The Bertz CT molecular complexity index is 247. The van der Waals surface area contributed by atoms with Gasteiger partial charge in [-0.05, 0) is 37.6 Å². The smallest absolute Gasteiger partial charge is 0.150 e. The molecule has 0 amide bonds. The summed E-state index contributed by atoms with van der Waals surface area (Å²) in [4.78, 5) is 0. The first-order valence-electron chi connectivity index (χ1n) is 5.85. The Morgan fingerprint density at radius 3 is 1.93 bits per heavy atom. The molecule has 0 saturated carbocycles. The lowest BCUT2D eigenvalue weighted by Crippen LogP contribution is -2.31. The van der Waals surface area contributed by atoms with Crippen molar-refractivity contribution in [2.75, 3.05) is 18.1 Å². The number of nitrogens with two attached hydrogens (primary N) is 1. The lowest BCUT2D eigenvalue weighted by Gasteiger charge is -2.29. The van der Waals surface area contributed by atoms with E-state index in [0.717, 1.165) is 12.8 Å². The highest BCUT2D eigenvalue weighted by Gasteiger charge is 2.26. The maximum atomic E-state index is 11.6. The van der Waals surface area contributed by atoms with Crippen LogP contribution >= 0.6 is 0 Å². The summed E-state index contributed by atoms with van der Waals surface area (Å²) >= 11 is 0. The van der Waals surface area contributed by atoms with E-state index in [1.54, 1.807) is 0 Å². The maximum Gasteiger partial charge on any atom is 0.150 e. The van der Waals surface area contributed by atoms with E-state index in [4.69, 9.17) is 5.73 Å². The minimum absolute atomic E-state index is 0.0286. The minimum Gasteiger partial charge on any atom is -0.330 e. The molecule has 92 valence electrons. The standard InChI is InChI=1S/C11H25NO2S/c1-4-8-15(13,14)9-7-11(5-2,6-3)10-12/h4-10,12H2,1-3H3. The van der Waals surface area contributed by atoms with E-state index in [9.17, 15) is 8.42 Å². The molecule has 0 saturated heterocycles. The van der Waals surface area contributed by atoms with E-state index in [1.165, 1.54) is 0 Å². The molecule has 2 N–H and O–H groups in total. The van der Waals surface area contributed by atoms with Crippen LogP contribution in [0.1, 0.15) is 46.5 Å². The zero-order valence-corrected chi connectivity index (χ0v) is 11.1. The molecule has 0 aromatic rings. The van der Waals surface area contributed by atoms with Gasteiger partial charge in [-0.3, -0.25) is 0 Å². The van der Waals surface area contributed by atoms with Gasteiger partial charge < -0.3 is 5.73 Å². The molecule has 0 heterocycles. The minimum atomic E-state index is -2.85. The van der Waals surface area contributed by atoms with Gasteiger partial charge in [0.2, 0.25) is 0 Å². The third-order valence-corrected chi connectivity index (χ3v) is 5.25. The molecule has 0 aromatic carbocycles. The van der Waals surface area contributed by atoms with Gasteiger partial charge >= 0.3 is 0 Å². The van der Waals surface area contributed by atoms with Crippen molar-refractivity contribution in [3.63, 3.8) is 0 Å². The predicted octanol–water partition coefficient (Wildman–Crippen LogP) is 1.97. The Balaban J connectivity index is 4.34. The number of hydrogen-bond acceptors (Lipinski definition) is 3. The van der Waals surface area contributed by atoms with Gasteiger partial charge in [-0.25, -0.2) is 8.42 Å². The summed E-state index contributed by atoms with van der Waals surface area (Å²) < 4.78 is 23.2. The van der Waals surface area contributed by atoms with Crippen LogP contribution in [0, 0.1) is 5.41 Å². The molecule has 0 spiro atoms. The topological polar surface area (TPSA) is 60.2 Å². The van der Waals surface area contributed by atoms with Crippen molar-refractivity contribution in [2.24, 2.45) is 11.1 Å². The molecular formula is C11H25NO2S. The fraction of sp³-hybridized carbons (Fsp3) is 1.00. The second-order valence-electron chi connectivity index (χ2n) is 4.31. The monoisotopic (exact) mass is 235 g/mol. The van der Waals surface area contributed by atoms with Gasteiger partial charge in [-0.1, -0.05) is 20.8 Å². The summed E-state index contributed by atoms with van der Waals surface area (Å²) in [6.45, 7) is 6.65. The number of hydrogen-bond donors (Lipinski definition) is 1. The Kier molecular flexibility index (Phi) is 6.44. The van der Waals surface area contributed by atoms with Crippen molar-refractivity contribution in [3.05, 3.63) is 0 Å². The van der Waals surface area contributed by atoms with E-state index in [0.29, 0.717) is 30.9 Å². The van der Waals surface area contributed by atoms with Crippen LogP contribution in [-0.2, 0) is 9.84 Å². The molecule has 4 heteroatoms. The fourth-order valence-electron chi connectivity index (χ4n) is 1.78. The lowest BCUT2D eigenvalue weighted by atomic mass is 9.80. The average Bonchev–Trinajstić information content (AvgIpc) is 2.21. The van der Waals surface area contributed by atoms with Crippen molar-refractivity contribution in [3.8, 4) is 0 Å². The third-order valence-electron chi connectivity index (χ3n) is 3.39. The Labute approximate surface area is 94.4 Å². The van der Waals surface area contributed by atoms with Gasteiger partial charge in [-0.15, -0.1) is 0 Å². The molecule has 0 aliphatic carbocycles. The van der Waals surface area contributed by atoms with Crippen molar-refractivity contribution >= 4 is 9.84 Å². The lowest BCUT2D eigenvalue weighted by molar-refractivity contribution is 0.263. The zero-order valence-electron chi connectivity index (χ0n) is 10.3. The van der Waals surface area contributed by atoms with Gasteiger partial charge in [0.05, 0.1) is 5.75 Å². The summed E-state index contributed by atoms with van der Waals surface area (Å²) in [5, 5.41) is 0. The Morgan fingerprint density at radius 1 is 1.07 bits per heavy atom. The molecule has 0 aliphatic heterocycles. The number of rotatable bonds is 8. The summed E-state index contributed by atoms with van der Waals surface area (Å²) in [5.74, 6) is 0.598. The molecule has 0 rings (SSSR count). The van der Waals surface area contributed by atoms with Gasteiger partial charge in [0.25, 0.3) is 0 Å². The molecule has 0 unspecified atom stereocenters. The van der Waals surface area contributed by atoms with Crippen LogP contribution in [0.2, 0.25) is 0 Å². The molecule has 0 radical (unpaired) electrons. The molecule has 0 aliphatic rings. The average molecular weight is 235 g/mol. The molecule has 15 heavy (non-hydrogen) atoms. The van der Waals surface area contributed by atoms with Gasteiger partial charge in [0.15, 0.2) is 0 Å². The number of sulfone groups is 1. The van der Waals surface area contributed by atoms with Crippen LogP contribution < -0.4 is 5.73 Å². The summed E-state index contributed by atoms with van der Waals surface area (Å²) in [6, 6.07) is 0. The Hall–Kier alpha value is -0.0900.